The van der Waals surface area contributed by atoms with E-state index in [0.29, 0.717) is 6.61 Å². The fourth-order valence-corrected chi connectivity index (χ4v) is 3.20. The van der Waals surface area contributed by atoms with E-state index in [-0.39, 0.29) is 5.54 Å². The Hall–Kier alpha value is -1.14. The molecular weight excluding hydrogens is 248 g/mol. The lowest BCUT2D eigenvalue weighted by atomic mass is 10.0. The van der Waals surface area contributed by atoms with Crippen LogP contribution >= 0.6 is 12.2 Å². The Morgan fingerprint density at radius 2 is 2.33 bits per heavy atom. The van der Waals surface area contributed by atoms with Gasteiger partial charge in [-0.2, -0.15) is 5.10 Å². The summed E-state index contributed by atoms with van der Waals surface area (Å²) in [6, 6.07) is 0. The van der Waals surface area contributed by atoms with E-state index in [4.69, 9.17) is 17.0 Å². The number of fused-ring (bicyclic) bond motifs is 1. The molecule has 5 nitrogen and oxygen atoms in total. The summed E-state index contributed by atoms with van der Waals surface area (Å²) >= 11 is 5.49. The van der Waals surface area contributed by atoms with Gasteiger partial charge < -0.3 is 9.72 Å². The van der Waals surface area contributed by atoms with E-state index < -0.39 is 0 Å². The third-order valence-corrected chi connectivity index (χ3v) is 4.09. The number of nitrogens with one attached hydrogen (secondary N) is 1. The van der Waals surface area contributed by atoms with Gasteiger partial charge in [-0.15, -0.1) is 0 Å². The summed E-state index contributed by atoms with van der Waals surface area (Å²) in [5.74, 6) is 0. The Bertz CT molecular complexity index is 645. The van der Waals surface area contributed by atoms with Gasteiger partial charge in [0.2, 0.25) is 0 Å². The van der Waals surface area contributed by atoms with Crippen LogP contribution in [0.25, 0.3) is 11.2 Å². The molecule has 0 radical (unpaired) electrons. The molecule has 1 saturated heterocycles. The van der Waals surface area contributed by atoms with E-state index in [1.807, 2.05) is 11.7 Å². The van der Waals surface area contributed by atoms with Gasteiger partial charge >= 0.3 is 0 Å². The van der Waals surface area contributed by atoms with Crippen molar-refractivity contribution in [3.05, 3.63) is 10.5 Å². The lowest BCUT2D eigenvalue weighted by Crippen LogP contribution is -2.31. The molecule has 98 valence electrons. The van der Waals surface area contributed by atoms with Crippen molar-refractivity contribution >= 4 is 23.4 Å². The molecule has 18 heavy (non-hydrogen) atoms. The van der Waals surface area contributed by atoms with Crippen molar-refractivity contribution in [2.24, 2.45) is 7.05 Å². The van der Waals surface area contributed by atoms with Crippen LogP contribution < -0.4 is 0 Å². The van der Waals surface area contributed by atoms with Gasteiger partial charge in [0.1, 0.15) is 5.52 Å². The summed E-state index contributed by atoms with van der Waals surface area (Å²) in [7, 11) is 1.97. The predicted octanol–water partition coefficient (Wildman–Crippen LogP) is 2.13. The van der Waals surface area contributed by atoms with Crippen LogP contribution in [0.3, 0.4) is 0 Å². The maximum Gasteiger partial charge on any atom is 0.179 e. The number of H-pyrrole nitrogens is 1. The molecule has 1 atom stereocenters. The number of imidazole rings is 1. The van der Waals surface area contributed by atoms with Crippen molar-refractivity contribution in [1.29, 1.82) is 0 Å². The zero-order valence-electron chi connectivity index (χ0n) is 11.0. The number of nitrogens with zero attached hydrogens (tertiary/aromatic N) is 3. The van der Waals surface area contributed by atoms with Crippen molar-refractivity contribution in [1.82, 2.24) is 19.3 Å². The number of hydrogen-bond acceptors (Lipinski definition) is 3. The molecule has 3 rings (SSSR count). The van der Waals surface area contributed by atoms with Crippen LogP contribution in [0.1, 0.15) is 26.0 Å². The summed E-state index contributed by atoms with van der Waals surface area (Å²) in [6.07, 6.45) is 1.89. The molecule has 2 aromatic rings. The minimum Gasteiger partial charge on any atom is -0.379 e. The van der Waals surface area contributed by atoms with E-state index in [9.17, 15) is 0 Å². The van der Waals surface area contributed by atoms with Gasteiger partial charge in [0.15, 0.2) is 10.4 Å². The second kappa shape index (κ2) is 3.93. The SMILES string of the molecule is CCc1nn(C)c2c1[nH]c(=S)n2C1(C)CCOC1. The third-order valence-electron chi connectivity index (χ3n) is 3.81. The zero-order valence-corrected chi connectivity index (χ0v) is 11.8. The highest BCUT2D eigenvalue weighted by Gasteiger charge is 2.35. The van der Waals surface area contributed by atoms with Gasteiger partial charge in [-0.3, -0.25) is 9.25 Å². The largest absolute Gasteiger partial charge is 0.379 e. The predicted molar refractivity (Wildman–Crippen MR) is 72.4 cm³/mol. The molecule has 0 amide bonds. The van der Waals surface area contributed by atoms with E-state index >= 15 is 0 Å². The maximum atomic E-state index is 5.55. The van der Waals surface area contributed by atoms with Crippen LogP contribution in [-0.4, -0.2) is 32.5 Å². The molecule has 1 aliphatic rings. The fourth-order valence-electron chi connectivity index (χ4n) is 2.79. The van der Waals surface area contributed by atoms with Gasteiger partial charge in [0.05, 0.1) is 17.8 Å². The van der Waals surface area contributed by atoms with Gasteiger partial charge in [0, 0.05) is 13.7 Å². The standard InChI is InChI=1S/C12H18N4OS/c1-4-8-9-10(15(3)14-8)16(11(18)13-9)12(2)5-6-17-7-12/h4-7H2,1-3H3,(H,13,18). The van der Waals surface area contributed by atoms with Gasteiger partial charge in [-0.25, -0.2) is 0 Å². The lowest BCUT2D eigenvalue weighted by Gasteiger charge is -2.24. The maximum absolute atomic E-state index is 5.55. The molecule has 3 heterocycles. The Morgan fingerprint density at radius 1 is 1.56 bits per heavy atom. The molecule has 0 spiro atoms. The molecule has 0 bridgehead atoms. The summed E-state index contributed by atoms with van der Waals surface area (Å²) in [5.41, 5.74) is 3.15. The highest BCUT2D eigenvalue weighted by molar-refractivity contribution is 7.71. The Morgan fingerprint density at radius 3 is 2.94 bits per heavy atom. The highest BCUT2D eigenvalue weighted by atomic mass is 32.1. The van der Waals surface area contributed by atoms with Crippen LogP contribution in [0, 0.1) is 4.77 Å². The number of aromatic nitrogens is 4. The number of aromatic amines is 1. The highest BCUT2D eigenvalue weighted by Crippen LogP contribution is 2.31. The average Bonchev–Trinajstić information content (AvgIpc) is 2.96. The third kappa shape index (κ3) is 1.48. The average molecular weight is 266 g/mol. The summed E-state index contributed by atoms with van der Waals surface area (Å²) in [4.78, 5) is 3.31. The fraction of sp³-hybridized carbons (Fsp3) is 0.667. The van der Waals surface area contributed by atoms with E-state index in [2.05, 4.69) is 28.5 Å². The van der Waals surface area contributed by atoms with Crippen LogP contribution in [0.4, 0.5) is 0 Å². The molecule has 1 aliphatic heterocycles. The van der Waals surface area contributed by atoms with E-state index in [1.54, 1.807) is 0 Å². The molecule has 1 N–H and O–H groups in total. The first-order valence-electron chi connectivity index (χ1n) is 6.31. The monoisotopic (exact) mass is 266 g/mol. The molecule has 1 fully saturated rings. The first-order chi connectivity index (χ1) is 8.57. The Kier molecular flexibility index (Phi) is 2.60. The van der Waals surface area contributed by atoms with Crippen LogP contribution in [0.5, 0.6) is 0 Å². The second-order valence-electron chi connectivity index (χ2n) is 5.19. The first kappa shape index (κ1) is 11.9. The van der Waals surface area contributed by atoms with Crippen LogP contribution in [-0.2, 0) is 23.7 Å². The van der Waals surface area contributed by atoms with Crippen molar-refractivity contribution in [3.63, 3.8) is 0 Å². The topological polar surface area (TPSA) is 47.8 Å². The van der Waals surface area contributed by atoms with Crippen molar-refractivity contribution in [3.8, 4) is 0 Å². The van der Waals surface area contributed by atoms with Gasteiger partial charge in [-0.05, 0) is 32.0 Å². The van der Waals surface area contributed by atoms with E-state index in [0.717, 1.165) is 41.1 Å². The van der Waals surface area contributed by atoms with Gasteiger partial charge in [0.25, 0.3) is 0 Å². The number of hydrogen-bond donors (Lipinski definition) is 1. The molecule has 1 unspecified atom stereocenters. The smallest absolute Gasteiger partial charge is 0.179 e. The normalized spacial score (nSPS) is 24.2. The minimum absolute atomic E-state index is 0.0614. The van der Waals surface area contributed by atoms with Gasteiger partial charge in [-0.1, -0.05) is 6.92 Å². The summed E-state index contributed by atoms with van der Waals surface area (Å²) < 4.78 is 10.4. The number of rotatable bonds is 2. The second-order valence-corrected chi connectivity index (χ2v) is 5.57. The van der Waals surface area contributed by atoms with Crippen molar-refractivity contribution < 1.29 is 4.74 Å². The Balaban J connectivity index is 2.32. The van der Waals surface area contributed by atoms with E-state index in [1.165, 1.54) is 0 Å². The number of ether oxygens (including phenoxy) is 1. The van der Waals surface area contributed by atoms with Crippen molar-refractivity contribution in [2.75, 3.05) is 13.2 Å². The molecule has 2 aromatic heterocycles. The summed E-state index contributed by atoms with van der Waals surface area (Å²) in [5, 5.41) is 4.55. The quantitative estimate of drug-likeness (QED) is 0.847. The zero-order chi connectivity index (χ0) is 12.9. The number of aryl methyl sites for hydroxylation is 2. The summed E-state index contributed by atoms with van der Waals surface area (Å²) in [6.45, 7) is 5.81. The lowest BCUT2D eigenvalue weighted by molar-refractivity contribution is 0.162. The Labute approximate surface area is 111 Å². The molecule has 0 aromatic carbocycles. The molecule has 0 aliphatic carbocycles. The van der Waals surface area contributed by atoms with Crippen LogP contribution in [0.2, 0.25) is 0 Å². The molecule has 0 saturated carbocycles. The molecule has 6 heteroatoms. The van der Waals surface area contributed by atoms with Crippen molar-refractivity contribution in [2.45, 2.75) is 32.2 Å². The van der Waals surface area contributed by atoms with Crippen LogP contribution in [0.15, 0.2) is 0 Å². The minimum atomic E-state index is -0.0614. The first-order valence-corrected chi connectivity index (χ1v) is 6.72. The molecular formula is C12H18N4OS.